The summed E-state index contributed by atoms with van der Waals surface area (Å²) < 4.78 is 0. The van der Waals surface area contributed by atoms with E-state index in [1.54, 1.807) is 0 Å². The van der Waals surface area contributed by atoms with Crippen LogP contribution in [0.1, 0.15) is 41.5 Å². The van der Waals surface area contributed by atoms with Gasteiger partial charge in [-0.3, -0.25) is 0 Å². The first-order chi connectivity index (χ1) is 4.83. The number of hydrogen-bond donors (Lipinski definition) is 0. The van der Waals surface area contributed by atoms with Crippen LogP contribution >= 0.6 is 0 Å². The molecule has 0 unspecified atom stereocenters. The summed E-state index contributed by atoms with van der Waals surface area (Å²) >= 11 is 0. The van der Waals surface area contributed by atoms with E-state index in [0.29, 0.717) is 0 Å². The minimum atomic E-state index is 0.750. The topological polar surface area (TPSA) is 34.1 Å². The van der Waals surface area contributed by atoms with Gasteiger partial charge >= 0.3 is 0 Å². The molecule has 0 aromatic carbocycles. The van der Waals surface area contributed by atoms with Crippen molar-refractivity contribution in [2.75, 3.05) is 0 Å². The molecule has 0 aromatic heterocycles. The largest absolute Gasteiger partial charge is 0.304 e. The maximum atomic E-state index is 8.81. The maximum absolute atomic E-state index is 8.81. The quantitative estimate of drug-likeness (QED) is 0.494. The first kappa shape index (κ1) is 22.8. The summed E-state index contributed by atoms with van der Waals surface area (Å²) in [5, 5.41) is 0. The van der Waals surface area contributed by atoms with E-state index in [1.807, 2.05) is 27.7 Å². The molecule has 0 amide bonds. The first-order valence-corrected chi connectivity index (χ1v) is 3.63. The lowest BCUT2D eigenvalue weighted by Gasteiger charge is -1.24. The summed E-state index contributed by atoms with van der Waals surface area (Å²) in [4.78, 5) is 17.6. The van der Waals surface area contributed by atoms with Gasteiger partial charge in [0.2, 0.25) is 0 Å². The van der Waals surface area contributed by atoms with E-state index in [2.05, 4.69) is 0 Å². The van der Waals surface area contributed by atoms with Crippen molar-refractivity contribution in [3.8, 4) is 0 Å². The molecule has 0 bridgehead atoms. The smallest absolute Gasteiger partial charge is 0.116 e. The van der Waals surface area contributed by atoms with Gasteiger partial charge in [0, 0.05) is 0 Å². The van der Waals surface area contributed by atoms with Crippen LogP contribution in [0.4, 0.5) is 0 Å². The molecule has 0 aliphatic rings. The maximum Gasteiger partial charge on any atom is 0.116 e. The van der Waals surface area contributed by atoms with Crippen molar-refractivity contribution in [1.29, 1.82) is 0 Å². The van der Waals surface area contributed by atoms with Crippen LogP contribution in [-0.4, -0.2) is 12.6 Å². The van der Waals surface area contributed by atoms with Gasteiger partial charge in [0.05, 0.1) is 0 Å². The van der Waals surface area contributed by atoms with Gasteiger partial charge in [-0.15, -0.1) is 0 Å². The Labute approximate surface area is 64.6 Å². The van der Waals surface area contributed by atoms with Crippen LogP contribution in [0.25, 0.3) is 0 Å². The lowest BCUT2D eigenvalue weighted by Crippen LogP contribution is -1.36. The highest BCUT2D eigenvalue weighted by molar-refractivity contribution is 5.44. The summed E-state index contributed by atoms with van der Waals surface area (Å²) in [7, 11) is 0. The third kappa shape index (κ3) is 677. The van der Waals surface area contributed by atoms with E-state index in [4.69, 9.17) is 9.59 Å². The summed E-state index contributed by atoms with van der Waals surface area (Å²) in [6.45, 7) is 10.9. The van der Waals surface area contributed by atoms with E-state index < -0.39 is 0 Å². The molecule has 0 heterocycles. The third-order valence-electron chi connectivity index (χ3n) is 0. The van der Waals surface area contributed by atoms with Gasteiger partial charge in [0.25, 0.3) is 0 Å². The predicted molar refractivity (Wildman–Crippen MR) is 46.2 cm³/mol. The van der Waals surface area contributed by atoms with Crippen molar-refractivity contribution < 1.29 is 9.59 Å². The lowest BCUT2D eigenvalue weighted by molar-refractivity contribution is -0.106. The highest BCUT2D eigenvalue weighted by Crippen LogP contribution is 1.15. The molecule has 0 aliphatic carbocycles. The molecule has 2 heteroatoms. The number of hydrogen-bond acceptors (Lipinski definition) is 2. The molecular weight excluding hydrogens is 128 g/mol. The van der Waals surface area contributed by atoms with Crippen molar-refractivity contribution in [2.24, 2.45) is 0 Å². The first-order valence-electron chi connectivity index (χ1n) is 3.63. The molecule has 2 nitrogen and oxygen atoms in total. The fraction of sp³-hybridized carbons (Fsp3) is 0.750. The van der Waals surface area contributed by atoms with E-state index in [0.717, 1.165) is 12.6 Å². The number of carbonyl (C=O) groups excluding carboxylic acids is 2. The van der Waals surface area contributed by atoms with Crippen molar-refractivity contribution in [3.63, 3.8) is 0 Å². The van der Waals surface area contributed by atoms with E-state index >= 15 is 0 Å². The Morgan fingerprint density at radius 3 is 0.700 bits per heavy atom. The normalized spacial score (nSPS) is 3.80. The summed E-state index contributed by atoms with van der Waals surface area (Å²) in [5.41, 5.74) is 0. The number of carbonyl (C=O) groups is 2. The molecule has 0 saturated heterocycles. The average Bonchev–Trinajstić information content (AvgIpc) is 1.99. The van der Waals surface area contributed by atoms with E-state index in [9.17, 15) is 0 Å². The molecule has 0 spiro atoms. The van der Waals surface area contributed by atoms with Crippen LogP contribution in [0, 0.1) is 0 Å². The Morgan fingerprint density at radius 2 is 0.700 bits per heavy atom. The van der Waals surface area contributed by atoms with Crippen LogP contribution in [0.2, 0.25) is 0 Å². The fourth-order valence-electron chi connectivity index (χ4n) is 0. The summed E-state index contributed by atoms with van der Waals surface area (Å²) in [5.74, 6) is 0. The third-order valence-corrected chi connectivity index (χ3v) is 0. The van der Waals surface area contributed by atoms with Crippen LogP contribution in [-0.2, 0) is 9.59 Å². The van der Waals surface area contributed by atoms with Crippen LogP contribution in [0.3, 0.4) is 0 Å². The average molecular weight is 148 g/mol. The SMILES string of the molecule is CC.CC.CC=O.CC=O. The molecule has 10 heavy (non-hydrogen) atoms. The van der Waals surface area contributed by atoms with E-state index in [-0.39, 0.29) is 0 Å². The second-order valence-electron chi connectivity index (χ2n) is 0.471. The van der Waals surface area contributed by atoms with Gasteiger partial charge in [-0.05, 0) is 13.8 Å². The fourth-order valence-corrected chi connectivity index (χ4v) is 0. The highest BCUT2D eigenvalue weighted by Gasteiger charge is 1.24. The summed E-state index contributed by atoms with van der Waals surface area (Å²) in [6, 6.07) is 0. The highest BCUT2D eigenvalue weighted by atomic mass is 16.1. The second kappa shape index (κ2) is 250. The molecule has 0 rings (SSSR count). The van der Waals surface area contributed by atoms with Crippen molar-refractivity contribution in [2.45, 2.75) is 41.5 Å². The van der Waals surface area contributed by atoms with Gasteiger partial charge in [-0.1, -0.05) is 27.7 Å². The Bertz CT molecular complexity index is 28.2. The Morgan fingerprint density at radius 1 is 0.700 bits per heavy atom. The molecule has 0 atom stereocenters. The standard InChI is InChI=1S/2C2H4O.2C2H6/c2*1-2-3;2*1-2/h2*2H,1H3;2*1-2H3. The molecule has 0 radical (unpaired) electrons. The zero-order chi connectivity index (χ0) is 9.41. The van der Waals surface area contributed by atoms with Gasteiger partial charge in [-0.25, -0.2) is 0 Å². The molecule has 0 N–H and O–H groups in total. The molecule has 0 fully saturated rings. The van der Waals surface area contributed by atoms with Gasteiger partial charge in [0.1, 0.15) is 12.6 Å². The van der Waals surface area contributed by atoms with Crippen molar-refractivity contribution in [3.05, 3.63) is 0 Å². The molecular formula is C8H20O2. The molecule has 0 aliphatic heterocycles. The van der Waals surface area contributed by atoms with Crippen LogP contribution in [0.15, 0.2) is 0 Å². The van der Waals surface area contributed by atoms with Gasteiger partial charge in [0.15, 0.2) is 0 Å². The number of aldehydes is 2. The van der Waals surface area contributed by atoms with Gasteiger partial charge in [-0.2, -0.15) is 0 Å². The Kier molecular flexibility index (Phi) is 570. The zero-order valence-corrected chi connectivity index (χ0v) is 7.97. The van der Waals surface area contributed by atoms with E-state index in [1.165, 1.54) is 13.8 Å². The number of rotatable bonds is 0. The lowest BCUT2D eigenvalue weighted by atomic mass is 11.0. The Balaban J connectivity index is -0.0000000246. The minimum absolute atomic E-state index is 0.750. The molecule has 0 saturated carbocycles. The van der Waals surface area contributed by atoms with Crippen molar-refractivity contribution >= 4 is 12.6 Å². The minimum Gasteiger partial charge on any atom is -0.304 e. The summed E-state index contributed by atoms with van der Waals surface area (Å²) in [6.07, 6.45) is 1.50. The zero-order valence-electron chi connectivity index (χ0n) is 7.97. The molecule has 0 aromatic rings. The van der Waals surface area contributed by atoms with Crippen LogP contribution < -0.4 is 0 Å². The second-order valence-corrected chi connectivity index (χ2v) is 0.471. The van der Waals surface area contributed by atoms with Crippen LogP contribution in [0.5, 0.6) is 0 Å². The van der Waals surface area contributed by atoms with Crippen molar-refractivity contribution in [1.82, 2.24) is 0 Å². The predicted octanol–water partition coefficient (Wildman–Crippen LogP) is 2.46. The molecule has 64 valence electrons. The monoisotopic (exact) mass is 148 g/mol. The Hall–Kier alpha value is -0.660. The van der Waals surface area contributed by atoms with Gasteiger partial charge < -0.3 is 9.59 Å².